The lowest BCUT2D eigenvalue weighted by Crippen LogP contribution is -2.52. The zero-order valence-corrected chi connectivity index (χ0v) is 16.1. The van der Waals surface area contributed by atoms with E-state index in [2.05, 4.69) is 5.32 Å². The van der Waals surface area contributed by atoms with Crippen LogP contribution in [-0.4, -0.2) is 47.7 Å². The van der Waals surface area contributed by atoms with Gasteiger partial charge in [0, 0.05) is 24.1 Å². The van der Waals surface area contributed by atoms with E-state index in [9.17, 15) is 19.2 Å². The second kappa shape index (κ2) is 6.98. The first kappa shape index (κ1) is 18.4. The van der Waals surface area contributed by atoms with Crippen molar-refractivity contribution in [3.63, 3.8) is 0 Å². The second-order valence-corrected chi connectivity index (χ2v) is 7.54. The van der Waals surface area contributed by atoms with Crippen LogP contribution in [0, 0.1) is 0 Å². The molecule has 0 aliphatic carbocycles. The third-order valence-corrected chi connectivity index (χ3v) is 5.74. The van der Waals surface area contributed by atoms with Gasteiger partial charge in [-0.05, 0) is 42.3 Å². The van der Waals surface area contributed by atoms with Gasteiger partial charge < -0.3 is 14.5 Å². The third kappa shape index (κ3) is 2.92. The number of nitrogens with one attached hydrogen (secondary N) is 1. The molecule has 3 heterocycles. The predicted octanol–water partition coefficient (Wildman–Crippen LogP) is 1.49. The number of carbonyl (C=O) groups excluding carboxylic acids is 4. The van der Waals surface area contributed by atoms with Gasteiger partial charge in [-0.25, -0.2) is 0 Å². The molecule has 0 saturated carbocycles. The van der Waals surface area contributed by atoms with E-state index in [1.807, 2.05) is 24.3 Å². The van der Waals surface area contributed by atoms with Gasteiger partial charge in [-0.1, -0.05) is 12.1 Å². The normalized spacial score (nSPS) is 20.4. The zero-order chi connectivity index (χ0) is 20.8. The number of fused-ring (bicyclic) bond motifs is 2. The molecule has 4 amide bonds. The van der Waals surface area contributed by atoms with Gasteiger partial charge in [-0.15, -0.1) is 0 Å². The minimum Gasteiger partial charge on any atom is -0.490 e. The van der Waals surface area contributed by atoms with Gasteiger partial charge in [0.25, 0.3) is 11.8 Å². The number of hydrogen-bond acceptors (Lipinski definition) is 5. The summed E-state index contributed by atoms with van der Waals surface area (Å²) in [5.41, 5.74) is 2.38. The third-order valence-electron chi connectivity index (χ3n) is 5.74. The molecule has 8 heteroatoms. The Morgan fingerprint density at radius 3 is 2.77 bits per heavy atom. The van der Waals surface area contributed by atoms with Crippen LogP contribution >= 0.6 is 0 Å². The van der Waals surface area contributed by atoms with E-state index >= 15 is 0 Å². The Morgan fingerprint density at radius 2 is 1.93 bits per heavy atom. The molecule has 1 saturated heterocycles. The standard InChI is InChI=1S/C22H19N3O5/c26-19-8-7-17(20(27)23-19)25-12-14-11-13(5-6-15(14)22(25)29)21(28)24-9-10-30-18-4-2-1-3-16(18)24/h1-6,11,17H,7-10,12H2,(H,23,26,27). The number of hydrogen-bond donors (Lipinski definition) is 1. The topological polar surface area (TPSA) is 96.0 Å². The van der Waals surface area contributed by atoms with Crippen LogP contribution in [0.3, 0.4) is 0 Å². The van der Waals surface area contributed by atoms with E-state index in [0.717, 1.165) is 5.69 Å². The van der Waals surface area contributed by atoms with Gasteiger partial charge in [-0.3, -0.25) is 24.5 Å². The maximum Gasteiger partial charge on any atom is 0.258 e. The smallest absolute Gasteiger partial charge is 0.258 e. The summed E-state index contributed by atoms with van der Waals surface area (Å²) in [5.74, 6) is -0.527. The minimum atomic E-state index is -0.673. The molecule has 3 aliphatic rings. The van der Waals surface area contributed by atoms with Crippen molar-refractivity contribution in [1.82, 2.24) is 10.2 Å². The number of benzene rings is 2. The Labute approximate surface area is 172 Å². The molecule has 0 radical (unpaired) electrons. The Morgan fingerprint density at radius 1 is 1.10 bits per heavy atom. The summed E-state index contributed by atoms with van der Waals surface area (Å²) in [6, 6.07) is 11.7. The lowest BCUT2D eigenvalue weighted by molar-refractivity contribution is -0.136. The molecule has 2 aromatic rings. The molecule has 1 fully saturated rings. The monoisotopic (exact) mass is 405 g/mol. The first-order valence-electron chi connectivity index (χ1n) is 9.84. The maximum absolute atomic E-state index is 13.2. The summed E-state index contributed by atoms with van der Waals surface area (Å²) in [5, 5.41) is 2.29. The van der Waals surface area contributed by atoms with E-state index in [4.69, 9.17) is 4.74 Å². The Kier molecular flexibility index (Phi) is 4.27. The molecule has 3 aliphatic heterocycles. The summed E-state index contributed by atoms with van der Waals surface area (Å²) in [6.07, 6.45) is 0.511. The van der Waals surface area contributed by atoms with E-state index in [1.54, 1.807) is 23.1 Å². The van der Waals surface area contributed by atoms with Crippen molar-refractivity contribution in [1.29, 1.82) is 0 Å². The van der Waals surface area contributed by atoms with Crippen LogP contribution in [0.15, 0.2) is 42.5 Å². The molecule has 1 N–H and O–H groups in total. The Balaban J connectivity index is 1.41. The van der Waals surface area contributed by atoms with Crippen molar-refractivity contribution in [3.8, 4) is 5.75 Å². The summed E-state index contributed by atoms with van der Waals surface area (Å²) in [4.78, 5) is 52.8. The van der Waals surface area contributed by atoms with Crippen LogP contribution in [0.4, 0.5) is 5.69 Å². The number of amides is 4. The summed E-state index contributed by atoms with van der Waals surface area (Å²) >= 11 is 0. The number of carbonyl (C=O) groups is 4. The average Bonchev–Trinajstić information content (AvgIpc) is 3.08. The molecule has 2 aromatic carbocycles. The molecule has 1 unspecified atom stereocenters. The molecule has 5 rings (SSSR count). The van der Waals surface area contributed by atoms with Crippen LogP contribution < -0.4 is 15.0 Å². The van der Waals surface area contributed by atoms with Gasteiger partial charge >= 0.3 is 0 Å². The van der Waals surface area contributed by atoms with Crippen LogP contribution in [0.5, 0.6) is 5.75 Å². The Hall–Kier alpha value is -3.68. The van der Waals surface area contributed by atoms with Gasteiger partial charge in [0.05, 0.1) is 12.2 Å². The highest BCUT2D eigenvalue weighted by Crippen LogP contribution is 2.33. The number of para-hydroxylation sites is 2. The highest BCUT2D eigenvalue weighted by Gasteiger charge is 2.39. The summed E-state index contributed by atoms with van der Waals surface area (Å²) in [6.45, 7) is 1.09. The number of imide groups is 1. The molecule has 0 spiro atoms. The van der Waals surface area contributed by atoms with E-state index < -0.39 is 11.9 Å². The lowest BCUT2D eigenvalue weighted by Gasteiger charge is -2.29. The largest absolute Gasteiger partial charge is 0.490 e. The van der Waals surface area contributed by atoms with Gasteiger partial charge in [-0.2, -0.15) is 0 Å². The molecule has 152 valence electrons. The molecule has 0 aromatic heterocycles. The van der Waals surface area contributed by atoms with E-state index in [0.29, 0.717) is 42.0 Å². The highest BCUT2D eigenvalue weighted by atomic mass is 16.5. The molecule has 8 nitrogen and oxygen atoms in total. The minimum absolute atomic E-state index is 0.166. The summed E-state index contributed by atoms with van der Waals surface area (Å²) in [7, 11) is 0. The SMILES string of the molecule is O=C1CCC(N2Cc3cc(C(=O)N4CCOc5ccccc54)ccc3C2=O)C(=O)N1. The predicted molar refractivity (Wildman–Crippen MR) is 106 cm³/mol. The number of ether oxygens (including phenoxy) is 1. The first-order valence-corrected chi connectivity index (χ1v) is 9.84. The van der Waals surface area contributed by atoms with Crippen LogP contribution in [0.2, 0.25) is 0 Å². The number of rotatable bonds is 2. The average molecular weight is 405 g/mol. The molecular weight excluding hydrogens is 386 g/mol. The molecule has 30 heavy (non-hydrogen) atoms. The van der Waals surface area contributed by atoms with Gasteiger partial charge in [0.2, 0.25) is 11.8 Å². The van der Waals surface area contributed by atoms with Crippen molar-refractivity contribution in [2.75, 3.05) is 18.1 Å². The maximum atomic E-state index is 13.2. The fourth-order valence-corrected chi connectivity index (χ4v) is 4.24. The lowest BCUT2D eigenvalue weighted by atomic mass is 10.0. The first-order chi connectivity index (χ1) is 14.5. The molecule has 0 bridgehead atoms. The highest BCUT2D eigenvalue weighted by molar-refractivity contribution is 6.09. The Bertz CT molecular complexity index is 1100. The molecule has 1 atom stereocenters. The fraction of sp³-hybridized carbons (Fsp3) is 0.273. The molecular formula is C22H19N3O5. The van der Waals surface area contributed by atoms with Crippen molar-refractivity contribution in [3.05, 3.63) is 59.2 Å². The van der Waals surface area contributed by atoms with E-state index in [1.165, 1.54) is 4.90 Å². The number of nitrogens with zero attached hydrogens (tertiary/aromatic N) is 2. The number of piperidine rings is 1. The van der Waals surface area contributed by atoms with Gasteiger partial charge in [0.15, 0.2) is 0 Å². The van der Waals surface area contributed by atoms with Crippen LogP contribution in [0.1, 0.15) is 39.1 Å². The van der Waals surface area contributed by atoms with Crippen molar-refractivity contribution in [2.24, 2.45) is 0 Å². The van der Waals surface area contributed by atoms with Crippen molar-refractivity contribution < 1.29 is 23.9 Å². The summed E-state index contributed by atoms with van der Waals surface area (Å²) < 4.78 is 5.62. The van der Waals surface area contributed by atoms with Crippen molar-refractivity contribution in [2.45, 2.75) is 25.4 Å². The van der Waals surface area contributed by atoms with E-state index in [-0.39, 0.29) is 30.7 Å². The quantitative estimate of drug-likeness (QED) is 0.764. The number of anilines is 1. The second-order valence-electron chi connectivity index (χ2n) is 7.54. The van der Waals surface area contributed by atoms with Crippen LogP contribution in [-0.2, 0) is 16.1 Å². The van der Waals surface area contributed by atoms with Crippen molar-refractivity contribution >= 4 is 29.3 Å². The van der Waals surface area contributed by atoms with Gasteiger partial charge in [0.1, 0.15) is 18.4 Å². The van der Waals surface area contributed by atoms with Crippen LogP contribution in [0.25, 0.3) is 0 Å². The fourth-order valence-electron chi connectivity index (χ4n) is 4.24. The zero-order valence-electron chi connectivity index (χ0n) is 16.1.